The monoisotopic (exact) mass is 318 g/mol. The lowest BCUT2D eigenvalue weighted by molar-refractivity contribution is 0.0851. The van der Waals surface area contributed by atoms with Gasteiger partial charge in [-0.05, 0) is 51.5 Å². The van der Waals surface area contributed by atoms with E-state index in [0.29, 0.717) is 11.1 Å². The van der Waals surface area contributed by atoms with Gasteiger partial charge < -0.3 is 15.0 Å². The molecule has 1 heterocycles. The first kappa shape index (κ1) is 17.2. The molecular formula is C18H23FN2O2. The molecule has 0 aliphatic rings. The van der Waals surface area contributed by atoms with Gasteiger partial charge in [-0.3, -0.25) is 4.79 Å². The van der Waals surface area contributed by atoms with E-state index < -0.39 is 12.1 Å². The van der Waals surface area contributed by atoms with Gasteiger partial charge in [0.05, 0.1) is 17.7 Å². The second-order valence-corrected chi connectivity index (χ2v) is 5.79. The fourth-order valence-electron chi connectivity index (χ4n) is 2.83. The summed E-state index contributed by atoms with van der Waals surface area (Å²) in [6, 6.07) is 6.99. The molecule has 0 fully saturated rings. The van der Waals surface area contributed by atoms with Crippen LogP contribution in [0.4, 0.5) is 4.39 Å². The number of carbonyl (C=O) groups excluding carboxylic acids is 1. The van der Waals surface area contributed by atoms with Gasteiger partial charge in [0, 0.05) is 17.9 Å². The van der Waals surface area contributed by atoms with Crippen molar-refractivity contribution in [1.29, 1.82) is 0 Å². The van der Waals surface area contributed by atoms with E-state index in [4.69, 9.17) is 0 Å². The molecule has 0 saturated heterocycles. The van der Waals surface area contributed by atoms with Gasteiger partial charge in [-0.25, -0.2) is 4.39 Å². The van der Waals surface area contributed by atoms with Crippen LogP contribution in [0.15, 0.2) is 30.3 Å². The molecule has 4 nitrogen and oxygen atoms in total. The topological polar surface area (TPSA) is 54.3 Å². The van der Waals surface area contributed by atoms with E-state index in [0.717, 1.165) is 17.9 Å². The van der Waals surface area contributed by atoms with Crippen LogP contribution in [0.25, 0.3) is 0 Å². The second-order valence-electron chi connectivity index (χ2n) is 5.79. The Morgan fingerprint density at radius 3 is 2.43 bits per heavy atom. The molecule has 23 heavy (non-hydrogen) atoms. The first-order valence-corrected chi connectivity index (χ1v) is 7.76. The van der Waals surface area contributed by atoms with Gasteiger partial charge in [0.1, 0.15) is 5.82 Å². The highest BCUT2D eigenvalue weighted by molar-refractivity contribution is 5.95. The Morgan fingerprint density at radius 2 is 1.91 bits per heavy atom. The molecule has 1 aromatic carbocycles. The van der Waals surface area contributed by atoms with Crippen LogP contribution in [-0.4, -0.2) is 21.6 Å². The number of hydrogen-bond acceptors (Lipinski definition) is 2. The maximum absolute atomic E-state index is 12.9. The molecule has 5 heteroatoms. The van der Waals surface area contributed by atoms with Crippen molar-refractivity contribution in [2.75, 3.05) is 0 Å². The maximum atomic E-state index is 12.9. The molecule has 0 aliphatic carbocycles. The first-order chi connectivity index (χ1) is 10.8. The number of amides is 1. The predicted molar refractivity (Wildman–Crippen MR) is 87.9 cm³/mol. The molecule has 2 rings (SSSR count). The number of rotatable bonds is 5. The molecule has 0 aliphatic heterocycles. The summed E-state index contributed by atoms with van der Waals surface area (Å²) in [4.78, 5) is 12.5. The molecule has 2 aromatic rings. The van der Waals surface area contributed by atoms with Crippen molar-refractivity contribution in [3.05, 3.63) is 58.7 Å². The lowest BCUT2D eigenvalue weighted by Crippen LogP contribution is -2.37. The molecule has 2 atom stereocenters. The van der Waals surface area contributed by atoms with Crippen LogP contribution in [0.3, 0.4) is 0 Å². The van der Waals surface area contributed by atoms with E-state index in [1.807, 2.05) is 26.8 Å². The zero-order valence-corrected chi connectivity index (χ0v) is 13.9. The molecule has 2 N–H and O–H groups in total. The van der Waals surface area contributed by atoms with E-state index in [2.05, 4.69) is 9.88 Å². The highest BCUT2D eigenvalue weighted by atomic mass is 19.1. The molecule has 1 aromatic heterocycles. The van der Waals surface area contributed by atoms with E-state index in [9.17, 15) is 14.3 Å². The number of nitrogens with one attached hydrogen (secondary N) is 1. The number of aliphatic hydroxyl groups excluding tert-OH is 1. The third kappa shape index (κ3) is 3.62. The summed E-state index contributed by atoms with van der Waals surface area (Å²) in [7, 11) is 0. The minimum atomic E-state index is -0.894. The number of aryl methyl sites for hydroxylation is 1. The Kier molecular flexibility index (Phi) is 5.21. The Hall–Kier alpha value is -2.14. The third-order valence-corrected chi connectivity index (χ3v) is 4.18. The second kappa shape index (κ2) is 6.96. The van der Waals surface area contributed by atoms with Crippen LogP contribution in [0.5, 0.6) is 0 Å². The number of hydrogen-bond donors (Lipinski definition) is 2. The number of aliphatic hydroxyl groups is 1. The summed E-state index contributed by atoms with van der Waals surface area (Å²) in [6.07, 6.45) is -0.894. The van der Waals surface area contributed by atoms with Gasteiger partial charge >= 0.3 is 0 Å². The molecule has 0 spiro atoms. The van der Waals surface area contributed by atoms with Crippen molar-refractivity contribution in [2.24, 2.45) is 0 Å². The van der Waals surface area contributed by atoms with Gasteiger partial charge in [0.15, 0.2) is 0 Å². The number of nitrogens with zero attached hydrogens (tertiary/aromatic N) is 1. The smallest absolute Gasteiger partial charge is 0.253 e. The standard InChI is InChI=1S/C18H23FN2O2/c1-5-21-11(2)10-16(13(21)4)18(23)20-12(3)17(22)14-6-8-15(19)9-7-14/h6-10,12,17,22H,5H2,1-4H3,(H,20,23). The molecule has 124 valence electrons. The van der Waals surface area contributed by atoms with E-state index in [1.54, 1.807) is 6.92 Å². The van der Waals surface area contributed by atoms with E-state index in [-0.39, 0.29) is 11.7 Å². The quantitative estimate of drug-likeness (QED) is 0.890. The summed E-state index contributed by atoms with van der Waals surface area (Å²) in [5.74, 6) is -0.573. The molecule has 1 amide bonds. The lowest BCUT2D eigenvalue weighted by Gasteiger charge is -2.20. The number of carbonyl (C=O) groups is 1. The van der Waals surface area contributed by atoms with Crippen molar-refractivity contribution in [2.45, 2.75) is 46.4 Å². The van der Waals surface area contributed by atoms with Crippen LogP contribution in [0, 0.1) is 19.7 Å². The van der Waals surface area contributed by atoms with Crippen LogP contribution < -0.4 is 5.32 Å². The van der Waals surface area contributed by atoms with Gasteiger partial charge in [-0.1, -0.05) is 12.1 Å². The van der Waals surface area contributed by atoms with Gasteiger partial charge in [0.25, 0.3) is 5.91 Å². The number of benzene rings is 1. The lowest BCUT2D eigenvalue weighted by atomic mass is 10.0. The SMILES string of the molecule is CCn1c(C)cc(C(=O)NC(C)C(O)c2ccc(F)cc2)c1C. The fraction of sp³-hybridized carbons (Fsp3) is 0.389. The first-order valence-electron chi connectivity index (χ1n) is 7.76. The Balaban J connectivity index is 2.11. The van der Waals surface area contributed by atoms with Crippen molar-refractivity contribution in [1.82, 2.24) is 9.88 Å². The number of aromatic nitrogens is 1. The van der Waals surface area contributed by atoms with Crippen LogP contribution in [-0.2, 0) is 6.54 Å². The molecule has 2 unspecified atom stereocenters. The minimum absolute atomic E-state index is 0.216. The average Bonchev–Trinajstić information content (AvgIpc) is 2.81. The minimum Gasteiger partial charge on any atom is -0.386 e. The summed E-state index contributed by atoms with van der Waals surface area (Å²) >= 11 is 0. The van der Waals surface area contributed by atoms with Gasteiger partial charge in [-0.2, -0.15) is 0 Å². The zero-order valence-electron chi connectivity index (χ0n) is 13.9. The largest absolute Gasteiger partial charge is 0.386 e. The van der Waals surface area contributed by atoms with Crippen molar-refractivity contribution in [3.63, 3.8) is 0 Å². The highest BCUT2D eigenvalue weighted by Gasteiger charge is 2.21. The highest BCUT2D eigenvalue weighted by Crippen LogP contribution is 2.19. The third-order valence-electron chi connectivity index (χ3n) is 4.18. The van der Waals surface area contributed by atoms with Crippen LogP contribution >= 0.6 is 0 Å². The predicted octanol–water partition coefficient (Wildman–Crippen LogP) is 3.12. The average molecular weight is 318 g/mol. The summed E-state index contributed by atoms with van der Waals surface area (Å²) < 4.78 is 15.0. The van der Waals surface area contributed by atoms with Crippen molar-refractivity contribution < 1.29 is 14.3 Å². The maximum Gasteiger partial charge on any atom is 0.253 e. The molecule has 0 saturated carbocycles. The molecular weight excluding hydrogens is 295 g/mol. The normalized spacial score (nSPS) is 13.7. The van der Waals surface area contributed by atoms with Crippen LogP contribution in [0.1, 0.15) is 47.3 Å². The van der Waals surface area contributed by atoms with E-state index in [1.165, 1.54) is 24.3 Å². The summed E-state index contributed by atoms with van der Waals surface area (Å²) in [5, 5.41) is 13.1. The van der Waals surface area contributed by atoms with Crippen LogP contribution in [0.2, 0.25) is 0 Å². The zero-order chi connectivity index (χ0) is 17.1. The Labute approximate surface area is 135 Å². The van der Waals surface area contributed by atoms with Crippen molar-refractivity contribution >= 4 is 5.91 Å². The van der Waals surface area contributed by atoms with Crippen molar-refractivity contribution in [3.8, 4) is 0 Å². The van der Waals surface area contributed by atoms with Gasteiger partial charge in [0.2, 0.25) is 0 Å². The Bertz CT molecular complexity index is 692. The number of halogens is 1. The Morgan fingerprint density at radius 1 is 1.30 bits per heavy atom. The summed E-state index contributed by atoms with van der Waals surface area (Å²) in [6.45, 7) is 8.43. The molecule has 0 radical (unpaired) electrons. The fourth-order valence-corrected chi connectivity index (χ4v) is 2.83. The summed E-state index contributed by atoms with van der Waals surface area (Å²) in [5.41, 5.74) is 3.12. The van der Waals surface area contributed by atoms with E-state index >= 15 is 0 Å². The van der Waals surface area contributed by atoms with Gasteiger partial charge in [-0.15, -0.1) is 0 Å². The molecule has 0 bridgehead atoms.